The van der Waals surface area contributed by atoms with Gasteiger partial charge in [0.1, 0.15) is 0 Å². The molecule has 0 amide bonds. The number of aromatic nitrogens is 2. The van der Waals surface area contributed by atoms with Gasteiger partial charge in [0.05, 0.1) is 6.54 Å². The average molecular weight is 539 g/mol. The van der Waals surface area contributed by atoms with E-state index in [-0.39, 0.29) is 24.0 Å². The van der Waals surface area contributed by atoms with Crippen molar-refractivity contribution in [2.24, 2.45) is 16.8 Å². The van der Waals surface area contributed by atoms with Crippen LogP contribution in [0.15, 0.2) is 47.7 Å². The first-order chi connectivity index (χ1) is 14.6. The van der Waals surface area contributed by atoms with Gasteiger partial charge in [-0.25, -0.2) is 0 Å². The van der Waals surface area contributed by atoms with Gasteiger partial charge in [-0.3, -0.25) is 9.67 Å². The Morgan fingerprint density at radius 2 is 1.81 bits per heavy atom. The molecule has 6 nitrogen and oxygen atoms in total. The topological polar surface area (TPSA) is 57.5 Å². The second-order valence-electron chi connectivity index (χ2n) is 8.74. The molecule has 172 valence electrons. The Bertz CT molecular complexity index is 766. The first-order valence-electron chi connectivity index (χ1n) is 11.3. The highest BCUT2D eigenvalue weighted by atomic mass is 127. The van der Waals surface area contributed by atoms with Crippen molar-refractivity contribution < 1.29 is 0 Å². The van der Waals surface area contributed by atoms with Crippen LogP contribution in [0.25, 0.3) is 0 Å². The number of nitrogens with one attached hydrogen (secondary N) is 2. The molecule has 2 unspecified atom stereocenters. The number of benzene rings is 1. The molecule has 0 radical (unpaired) electrons. The summed E-state index contributed by atoms with van der Waals surface area (Å²) in [6, 6.07) is 10.5. The van der Waals surface area contributed by atoms with E-state index in [0.29, 0.717) is 0 Å². The summed E-state index contributed by atoms with van der Waals surface area (Å²) in [5, 5.41) is 11.2. The molecule has 0 bridgehead atoms. The second kappa shape index (κ2) is 13.7. The van der Waals surface area contributed by atoms with Crippen molar-refractivity contribution in [2.75, 3.05) is 33.2 Å². The Kier molecular flexibility index (Phi) is 11.4. The molecule has 7 heteroatoms. The van der Waals surface area contributed by atoms with Crippen LogP contribution in [0.5, 0.6) is 0 Å². The molecule has 2 aromatic rings. The molecular formula is C24H39IN6. The molecule has 1 aromatic carbocycles. The van der Waals surface area contributed by atoms with Crippen molar-refractivity contribution in [3.05, 3.63) is 53.9 Å². The van der Waals surface area contributed by atoms with Crippen LogP contribution >= 0.6 is 24.0 Å². The quantitative estimate of drug-likeness (QED) is 0.220. The smallest absolute Gasteiger partial charge is 0.191 e. The summed E-state index contributed by atoms with van der Waals surface area (Å²) < 4.78 is 1.95. The number of rotatable bonds is 9. The molecule has 1 fully saturated rings. The van der Waals surface area contributed by atoms with Crippen molar-refractivity contribution in [3.63, 3.8) is 0 Å². The van der Waals surface area contributed by atoms with Crippen LogP contribution in [0.2, 0.25) is 0 Å². The van der Waals surface area contributed by atoms with Crippen LogP contribution in [0, 0.1) is 11.8 Å². The van der Waals surface area contributed by atoms with Gasteiger partial charge in [0.15, 0.2) is 5.96 Å². The molecule has 1 saturated heterocycles. The molecule has 3 rings (SSSR count). The lowest BCUT2D eigenvalue weighted by atomic mass is 9.92. The third-order valence-electron chi connectivity index (χ3n) is 5.82. The lowest BCUT2D eigenvalue weighted by Crippen LogP contribution is -2.40. The molecule has 1 aromatic heterocycles. The summed E-state index contributed by atoms with van der Waals surface area (Å²) in [6.45, 7) is 11.0. The number of piperidine rings is 1. The van der Waals surface area contributed by atoms with Crippen LogP contribution in [0.4, 0.5) is 0 Å². The van der Waals surface area contributed by atoms with Crippen molar-refractivity contribution in [1.29, 1.82) is 0 Å². The highest BCUT2D eigenvalue weighted by molar-refractivity contribution is 14.0. The van der Waals surface area contributed by atoms with Gasteiger partial charge >= 0.3 is 0 Å². The Morgan fingerprint density at radius 1 is 1.06 bits per heavy atom. The molecule has 2 atom stereocenters. The molecule has 1 aliphatic rings. The van der Waals surface area contributed by atoms with E-state index in [4.69, 9.17) is 0 Å². The van der Waals surface area contributed by atoms with Gasteiger partial charge in [-0.15, -0.1) is 24.0 Å². The normalized spacial score (nSPS) is 19.6. The number of hydrogen-bond donors (Lipinski definition) is 2. The first-order valence-corrected chi connectivity index (χ1v) is 11.3. The third kappa shape index (κ3) is 8.80. The van der Waals surface area contributed by atoms with E-state index < -0.39 is 0 Å². The van der Waals surface area contributed by atoms with Crippen LogP contribution in [-0.2, 0) is 13.1 Å². The zero-order chi connectivity index (χ0) is 21.2. The minimum atomic E-state index is 0. The van der Waals surface area contributed by atoms with Gasteiger partial charge in [0, 0.05) is 45.6 Å². The Morgan fingerprint density at radius 3 is 2.48 bits per heavy atom. The first kappa shape index (κ1) is 25.6. The Labute approximate surface area is 204 Å². The number of guanidine groups is 1. The maximum absolute atomic E-state index is 4.38. The van der Waals surface area contributed by atoms with Gasteiger partial charge in [-0.05, 0) is 54.8 Å². The fraction of sp³-hybridized carbons (Fsp3) is 0.583. The predicted octanol–water partition coefficient (Wildman–Crippen LogP) is 3.97. The molecule has 2 N–H and O–H groups in total. The van der Waals surface area contributed by atoms with Crippen LogP contribution in [0.1, 0.15) is 44.2 Å². The van der Waals surface area contributed by atoms with Crippen molar-refractivity contribution in [1.82, 2.24) is 25.3 Å². The summed E-state index contributed by atoms with van der Waals surface area (Å²) in [6.07, 6.45) is 7.59. The summed E-state index contributed by atoms with van der Waals surface area (Å²) in [5.41, 5.74) is 2.54. The summed E-state index contributed by atoms with van der Waals surface area (Å²) in [5.74, 6) is 2.54. The molecule has 0 aliphatic carbocycles. The Hall–Kier alpha value is -1.61. The number of nitrogens with zero attached hydrogens (tertiary/aromatic N) is 4. The van der Waals surface area contributed by atoms with E-state index in [0.717, 1.165) is 43.9 Å². The van der Waals surface area contributed by atoms with Crippen LogP contribution in [0.3, 0.4) is 0 Å². The number of hydrogen-bond acceptors (Lipinski definition) is 3. The van der Waals surface area contributed by atoms with Gasteiger partial charge in [0.25, 0.3) is 0 Å². The average Bonchev–Trinajstić information content (AvgIpc) is 3.23. The lowest BCUT2D eigenvalue weighted by molar-refractivity contribution is 0.139. The number of unbranched alkanes of at least 4 members (excludes halogenated alkanes) is 1. The molecule has 0 spiro atoms. The lowest BCUT2D eigenvalue weighted by Gasteiger charge is -2.34. The van der Waals surface area contributed by atoms with E-state index >= 15 is 0 Å². The van der Waals surface area contributed by atoms with Gasteiger partial charge in [0.2, 0.25) is 0 Å². The summed E-state index contributed by atoms with van der Waals surface area (Å²) in [7, 11) is 1.83. The summed E-state index contributed by atoms with van der Waals surface area (Å²) >= 11 is 0. The van der Waals surface area contributed by atoms with Gasteiger partial charge in [-0.2, -0.15) is 5.10 Å². The molecule has 31 heavy (non-hydrogen) atoms. The molecule has 2 heterocycles. The SMILES string of the molecule is CN=C(NCCCCN1CC(C)CC(C)C1)NCc1ccccc1Cn1cccn1.I. The van der Waals surface area contributed by atoms with Gasteiger partial charge in [-0.1, -0.05) is 38.1 Å². The predicted molar refractivity (Wildman–Crippen MR) is 140 cm³/mol. The second-order valence-corrected chi connectivity index (χ2v) is 8.74. The highest BCUT2D eigenvalue weighted by Gasteiger charge is 2.20. The van der Waals surface area contributed by atoms with Crippen molar-refractivity contribution >= 4 is 29.9 Å². The number of likely N-dealkylation sites (tertiary alicyclic amines) is 1. The fourth-order valence-electron chi connectivity index (χ4n) is 4.49. The maximum Gasteiger partial charge on any atom is 0.191 e. The summed E-state index contributed by atoms with van der Waals surface area (Å²) in [4.78, 5) is 7.02. The van der Waals surface area contributed by atoms with Crippen LogP contribution < -0.4 is 10.6 Å². The fourth-order valence-corrected chi connectivity index (χ4v) is 4.49. The monoisotopic (exact) mass is 538 g/mol. The molecule has 0 saturated carbocycles. The van der Waals surface area contributed by atoms with E-state index in [1.807, 2.05) is 30.2 Å². The molecule has 1 aliphatic heterocycles. The van der Waals surface area contributed by atoms with Crippen LogP contribution in [-0.4, -0.2) is 53.9 Å². The minimum absolute atomic E-state index is 0. The largest absolute Gasteiger partial charge is 0.356 e. The van der Waals surface area contributed by atoms with Crippen molar-refractivity contribution in [2.45, 2.75) is 46.2 Å². The zero-order valence-corrected chi connectivity index (χ0v) is 21.6. The standard InChI is InChI=1S/C24H38N6.HI/c1-20-15-21(2)18-29(17-20)13-7-6-11-26-24(25-3)27-16-22-9-4-5-10-23(22)19-30-14-8-12-28-30;/h4-5,8-10,12,14,20-21H,6-7,11,13,15-19H2,1-3H3,(H2,25,26,27);1H. The number of halogens is 1. The van der Waals surface area contributed by atoms with E-state index in [9.17, 15) is 0 Å². The number of aliphatic imine (C=N–C) groups is 1. The van der Waals surface area contributed by atoms with Gasteiger partial charge < -0.3 is 15.5 Å². The third-order valence-corrected chi connectivity index (χ3v) is 5.82. The van der Waals surface area contributed by atoms with Crippen molar-refractivity contribution in [3.8, 4) is 0 Å². The van der Waals surface area contributed by atoms with E-state index in [1.54, 1.807) is 0 Å². The van der Waals surface area contributed by atoms with E-state index in [1.165, 1.54) is 43.6 Å². The van der Waals surface area contributed by atoms with E-state index in [2.05, 4.69) is 63.7 Å². The minimum Gasteiger partial charge on any atom is -0.356 e. The maximum atomic E-state index is 4.38. The highest BCUT2D eigenvalue weighted by Crippen LogP contribution is 2.20. The Balaban J connectivity index is 0.00000341. The zero-order valence-electron chi connectivity index (χ0n) is 19.3. The molecular weight excluding hydrogens is 499 g/mol.